The number of hydrogen-bond acceptors (Lipinski definition) is 2. The van der Waals surface area contributed by atoms with Crippen molar-refractivity contribution < 1.29 is 9.90 Å². The van der Waals surface area contributed by atoms with Crippen molar-refractivity contribution in [1.29, 1.82) is 0 Å². The lowest BCUT2D eigenvalue weighted by Gasteiger charge is -2.02. The van der Waals surface area contributed by atoms with E-state index in [4.69, 9.17) is 5.11 Å². The largest absolute Gasteiger partial charge is 0.477 e. The average Bonchev–Trinajstić information content (AvgIpc) is 2.30. The number of carboxylic acid groups (broad SMARTS) is 1. The molecule has 94 valence electrons. The molecule has 0 spiro atoms. The highest BCUT2D eigenvalue weighted by Crippen LogP contribution is 2.06. The van der Waals surface area contributed by atoms with Gasteiger partial charge in [-0.15, -0.1) is 0 Å². The molecule has 2 N–H and O–H groups in total. The van der Waals surface area contributed by atoms with Crippen molar-refractivity contribution >= 4 is 5.97 Å². The first kappa shape index (κ1) is 13.5. The highest BCUT2D eigenvalue weighted by Gasteiger charge is 2.10. The number of pyridine rings is 1. The van der Waals surface area contributed by atoms with Crippen LogP contribution in [0, 0.1) is 0 Å². The molecule has 17 heavy (non-hydrogen) atoms. The van der Waals surface area contributed by atoms with Gasteiger partial charge in [-0.1, -0.05) is 32.6 Å². The Hall–Kier alpha value is -1.58. The minimum atomic E-state index is -1.17. The maximum Gasteiger partial charge on any atom is 0.341 e. The Bertz CT molecular complexity index is 423. The molecule has 1 rings (SSSR count). The highest BCUT2D eigenvalue weighted by atomic mass is 16.4. The van der Waals surface area contributed by atoms with E-state index in [-0.39, 0.29) is 11.0 Å². The third kappa shape index (κ3) is 4.06. The summed E-state index contributed by atoms with van der Waals surface area (Å²) in [5.41, 5.74) is 0.0456. The quantitative estimate of drug-likeness (QED) is 0.716. The van der Waals surface area contributed by atoms with E-state index in [0.29, 0.717) is 12.0 Å². The molecule has 0 aliphatic carbocycles. The fourth-order valence-corrected chi connectivity index (χ4v) is 1.79. The first-order chi connectivity index (χ1) is 8.16. The molecule has 0 unspecified atom stereocenters. The minimum Gasteiger partial charge on any atom is -0.477 e. The van der Waals surface area contributed by atoms with E-state index in [0.717, 1.165) is 12.8 Å². The fraction of sp³-hybridized carbons (Fsp3) is 0.538. The number of aromatic carboxylic acids is 1. The van der Waals surface area contributed by atoms with E-state index in [1.54, 1.807) is 6.20 Å². The second kappa shape index (κ2) is 6.89. The summed E-state index contributed by atoms with van der Waals surface area (Å²) < 4.78 is 0. The number of aromatic nitrogens is 1. The van der Waals surface area contributed by atoms with Gasteiger partial charge in [0.15, 0.2) is 5.43 Å². The van der Waals surface area contributed by atoms with E-state index < -0.39 is 5.97 Å². The fourth-order valence-electron chi connectivity index (χ4n) is 1.79. The molecule has 0 radical (unpaired) electrons. The zero-order valence-electron chi connectivity index (χ0n) is 10.2. The Kier molecular flexibility index (Phi) is 5.46. The van der Waals surface area contributed by atoms with Gasteiger partial charge in [-0.05, 0) is 12.8 Å². The van der Waals surface area contributed by atoms with Crippen LogP contribution in [0.25, 0.3) is 0 Å². The van der Waals surface area contributed by atoms with Gasteiger partial charge >= 0.3 is 5.97 Å². The number of aryl methyl sites for hydroxylation is 1. The van der Waals surface area contributed by atoms with E-state index >= 15 is 0 Å². The SMILES string of the molecule is CCCCCCCc1c[nH]cc(C(=O)O)c1=O. The number of unbranched alkanes of at least 4 members (excludes halogenated alkanes) is 4. The summed E-state index contributed by atoms with van der Waals surface area (Å²) in [6.07, 6.45) is 9.10. The Balaban J connectivity index is 2.57. The predicted molar refractivity (Wildman–Crippen MR) is 66.5 cm³/mol. The summed E-state index contributed by atoms with van der Waals surface area (Å²) in [6.45, 7) is 2.15. The van der Waals surface area contributed by atoms with Gasteiger partial charge in [-0.25, -0.2) is 4.79 Å². The van der Waals surface area contributed by atoms with E-state index in [1.165, 1.54) is 25.5 Å². The molecule has 0 aliphatic rings. The van der Waals surface area contributed by atoms with Gasteiger partial charge in [0, 0.05) is 18.0 Å². The molecule has 0 aliphatic heterocycles. The predicted octanol–water partition coefficient (Wildman–Crippen LogP) is 2.59. The van der Waals surface area contributed by atoms with Crippen LogP contribution in [0.4, 0.5) is 0 Å². The first-order valence-electron chi connectivity index (χ1n) is 6.10. The lowest BCUT2D eigenvalue weighted by atomic mass is 10.1. The Morgan fingerprint density at radius 2 is 1.94 bits per heavy atom. The van der Waals surface area contributed by atoms with Gasteiger partial charge in [0.1, 0.15) is 5.56 Å². The number of nitrogens with one attached hydrogen (secondary N) is 1. The van der Waals surface area contributed by atoms with E-state index in [1.807, 2.05) is 0 Å². The van der Waals surface area contributed by atoms with Crippen molar-refractivity contribution in [3.63, 3.8) is 0 Å². The number of H-pyrrole nitrogens is 1. The number of rotatable bonds is 7. The van der Waals surface area contributed by atoms with Crippen LogP contribution in [0.15, 0.2) is 17.2 Å². The molecule has 4 nitrogen and oxygen atoms in total. The standard InChI is InChI=1S/C13H19NO3/c1-2-3-4-5-6-7-10-8-14-9-11(12(10)15)13(16)17/h8-9H,2-7H2,1H3,(H,14,15)(H,16,17). The lowest BCUT2D eigenvalue weighted by molar-refractivity contribution is 0.0695. The summed E-state index contributed by atoms with van der Waals surface area (Å²) in [5.74, 6) is -1.17. The topological polar surface area (TPSA) is 70.2 Å². The molecule has 0 saturated carbocycles. The normalized spacial score (nSPS) is 10.4. The smallest absolute Gasteiger partial charge is 0.341 e. The van der Waals surface area contributed by atoms with Crippen LogP contribution in [0.1, 0.15) is 54.9 Å². The number of carboxylic acids is 1. The number of carbonyl (C=O) groups is 1. The van der Waals surface area contributed by atoms with E-state index in [9.17, 15) is 9.59 Å². The summed E-state index contributed by atoms with van der Waals surface area (Å²) >= 11 is 0. The van der Waals surface area contributed by atoms with Crippen LogP contribution in [-0.4, -0.2) is 16.1 Å². The van der Waals surface area contributed by atoms with Crippen LogP contribution in [0.5, 0.6) is 0 Å². The maximum atomic E-state index is 11.7. The number of hydrogen-bond donors (Lipinski definition) is 2. The zero-order chi connectivity index (χ0) is 12.7. The summed E-state index contributed by atoms with van der Waals surface area (Å²) in [7, 11) is 0. The van der Waals surface area contributed by atoms with Crippen molar-refractivity contribution in [1.82, 2.24) is 4.98 Å². The maximum absolute atomic E-state index is 11.7. The second-order valence-corrected chi connectivity index (χ2v) is 4.19. The third-order valence-electron chi connectivity index (χ3n) is 2.80. The van der Waals surface area contributed by atoms with Gasteiger partial charge in [0.2, 0.25) is 0 Å². The zero-order valence-corrected chi connectivity index (χ0v) is 10.2. The van der Waals surface area contributed by atoms with Crippen molar-refractivity contribution in [2.45, 2.75) is 45.4 Å². The monoisotopic (exact) mass is 237 g/mol. The van der Waals surface area contributed by atoms with Crippen LogP contribution in [0.2, 0.25) is 0 Å². The molecule has 0 fully saturated rings. The second-order valence-electron chi connectivity index (χ2n) is 4.19. The first-order valence-corrected chi connectivity index (χ1v) is 6.10. The molecule has 0 amide bonds. The average molecular weight is 237 g/mol. The Morgan fingerprint density at radius 3 is 2.59 bits per heavy atom. The lowest BCUT2D eigenvalue weighted by Crippen LogP contribution is -2.18. The summed E-state index contributed by atoms with van der Waals surface area (Å²) in [4.78, 5) is 25.2. The summed E-state index contributed by atoms with van der Waals surface area (Å²) in [6, 6.07) is 0. The van der Waals surface area contributed by atoms with Crippen LogP contribution in [-0.2, 0) is 6.42 Å². The van der Waals surface area contributed by atoms with Crippen molar-refractivity contribution in [3.8, 4) is 0 Å². The molecule has 0 saturated heterocycles. The van der Waals surface area contributed by atoms with E-state index in [2.05, 4.69) is 11.9 Å². The van der Waals surface area contributed by atoms with Gasteiger partial charge in [0.25, 0.3) is 0 Å². The Morgan fingerprint density at radius 1 is 1.24 bits per heavy atom. The molecule has 1 aromatic rings. The number of aromatic amines is 1. The third-order valence-corrected chi connectivity index (χ3v) is 2.80. The summed E-state index contributed by atoms with van der Waals surface area (Å²) in [5, 5.41) is 8.81. The van der Waals surface area contributed by atoms with Gasteiger partial charge in [-0.2, -0.15) is 0 Å². The van der Waals surface area contributed by atoms with Crippen LogP contribution >= 0.6 is 0 Å². The van der Waals surface area contributed by atoms with Crippen molar-refractivity contribution in [2.75, 3.05) is 0 Å². The van der Waals surface area contributed by atoms with Crippen LogP contribution < -0.4 is 5.43 Å². The van der Waals surface area contributed by atoms with Gasteiger partial charge in [-0.3, -0.25) is 4.79 Å². The van der Waals surface area contributed by atoms with Gasteiger partial charge in [0.05, 0.1) is 0 Å². The molecule has 4 heteroatoms. The van der Waals surface area contributed by atoms with Crippen LogP contribution in [0.3, 0.4) is 0 Å². The minimum absolute atomic E-state index is 0.170. The highest BCUT2D eigenvalue weighted by molar-refractivity contribution is 5.87. The molecule has 1 heterocycles. The molecule has 1 aromatic heterocycles. The molecular weight excluding hydrogens is 218 g/mol. The van der Waals surface area contributed by atoms with Crippen molar-refractivity contribution in [3.05, 3.63) is 33.7 Å². The van der Waals surface area contributed by atoms with Gasteiger partial charge < -0.3 is 10.1 Å². The molecular formula is C13H19NO3. The molecule has 0 bridgehead atoms. The molecule has 0 aromatic carbocycles. The Labute approximate surface area is 101 Å². The molecule has 0 atom stereocenters. The van der Waals surface area contributed by atoms with Crippen molar-refractivity contribution in [2.24, 2.45) is 0 Å².